The molecule has 0 bridgehead atoms. The minimum atomic E-state index is -0.170. The number of hydrogen-bond donors (Lipinski definition) is 2. The number of nitrogen functional groups attached to an aromatic ring is 1. The molecule has 3 rings (SSSR count). The van der Waals surface area contributed by atoms with Gasteiger partial charge in [0.2, 0.25) is 0 Å². The molecular formula is C18H23N5O2. The van der Waals surface area contributed by atoms with Crippen molar-refractivity contribution in [3.63, 3.8) is 0 Å². The Morgan fingerprint density at radius 2 is 2.12 bits per heavy atom. The quantitative estimate of drug-likeness (QED) is 0.882. The van der Waals surface area contributed by atoms with E-state index in [1.165, 1.54) is 10.6 Å². The zero-order valence-electron chi connectivity index (χ0n) is 14.3. The van der Waals surface area contributed by atoms with E-state index in [0.717, 1.165) is 24.9 Å². The molecule has 0 aromatic carbocycles. The minimum absolute atomic E-state index is 0.0764. The van der Waals surface area contributed by atoms with Gasteiger partial charge in [0.25, 0.3) is 11.5 Å². The summed E-state index contributed by atoms with van der Waals surface area (Å²) in [5.74, 6) is 0.421. The molecule has 2 aromatic heterocycles. The topological polar surface area (TPSA) is 93.2 Å². The second-order valence-electron chi connectivity index (χ2n) is 6.40. The van der Waals surface area contributed by atoms with Crippen LogP contribution >= 0.6 is 0 Å². The van der Waals surface area contributed by atoms with E-state index in [-0.39, 0.29) is 17.5 Å². The van der Waals surface area contributed by atoms with Crippen molar-refractivity contribution in [2.75, 3.05) is 24.1 Å². The maximum atomic E-state index is 12.7. The molecule has 7 nitrogen and oxygen atoms in total. The van der Waals surface area contributed by atoms with Crippen molar-refractivity contribution >= 4 is 17.4 Å². The second kappa shape index (κ2) is 7.38. The molecule has 7 heteroatoms. The summed E-state index contributed by atoms with van der Waals surface area (Å²) in [5.41, 5.74) is 6.83. The van der Waals surface area contributed by atoms with Gasteiger partial charge in [0, 0.05) is 44.0 Å². The number of carbonyl (C=O) groups excluding carboxylic acids is 1. The van der Waals surface area contributed by atoms with Gasteiger partial charge in [-0.2, -0.15) is 0 Å². The highest BCUT2D eigenvalue weighted by molar-refractivity contribution is 5.94. The van der Waals surface area contributed by atoms with Crippen molar-refractivity contribution in [3.8, 4) is 0 Å². The van der Waals surface area contributed by atoms with Crippen LogP contribution in [0, 0.1) is 0 Å². The monoisotopic (exact) mass is 341 g/mol. The lowest BCUT2D eigenvalue weighted by molar-refractivity contribution is 0.0761. The van der Waals surface area contributed by atoms with Crippen LogP contribution in [0.5, 0.6) is 0 Å². The normalized spacial score (nSPS) is 17.8. The minimum Gasteiger partial charge on any atom is -0.384 e. The zero-order valence-corrected chi connectivity index (χ0v) is 14.3. The van der Waals surface area contributed by atoms with Crippen LogP contribution in [0.15, 0.2) is 41.5 Å². The molecule has 25 heavy (non-hydrogen) atoms. The number of hydrogen-bond acceptors (Lipinski definition) is 5. The number of nitrogens with two attached hydrogens (primary N) is 1. The van der Waals surface area contributed by atoms with Gasteiger partial charge >= 0.3 is 0 Å². The number of anilines is 2. The van der Waals surface area contributed by atoms with Crippen molar-refractivity contribution in [2.24, 2.45) is 7.05 Å². The third kappa shape index (κ3) is 4.17. The molecule has 0 aliphatic carbocycles. The summed E-state index contributed by atoms with van der Waals surface area (Å²) in [6, 6.07) is 7.07. The van der Waals surface area contributed by atoms with E-state index in [0.29, 0.717) is 24.5 Å². The fraction of sp³-hybridized carbons (Fsp3) is 0.389. The number of rotatable bonds is 3. The molecule has 1 aliphatic heterocycles. The summed E-state index contributed by atoms with van der Waals surface area (Å²) in [6.07, 6.45) is 6.09. The van der Waals surface area contributed by atoms with Crippen LogP contribution in [0.2, 0.25) is 0 Å². The van der Waals surface area contributed by atoms with Crippen LogP contribution < -0.4 is 16.6 Å². The average Bonchev–Trinajstić information content (AvgIpc) is 2.84. The lowest BCUT2D eigenvalue weighted by atomic mass is 10.1. The Bertz CT molecular complexity index is 800. The van der Waals surface area contributed by atoms with Crippen molar-refractivity contribution in [3.05, 3.63) is 52.6 Å². The van der Waals surface area contributed by atoms with Crippen LogP contribution in [0.1, 0.15) is 29.6 Å². The van der Waals surface area contributed by atoms with Crippen molar-refractivity contribution in [2.45, 2.75) is 25.3 Å². The fourth-order valence-electron chi connectivity index (χ4n) is 3.03. The molecule has 0 radical (unpaired) electrons. The smallest absolute Gasteiger partial charge is 0.254 e. The molecule has 0 unspecified atom stereocenters. The Hall–Kier alpha value is -2.83. The standard InChI is InChI=1S/C18H23N5O2/c1-22-9-6-13(11-17(22)24)18(25)23-8-2-3-14(7-10-23)21-15-4-5-16(19)20-12-15/h4-6,9,11-12,14,21H,2-3,7-8,10H2,1H3,(H2,19,20)/t14-/m1/s1. The third-order valence-corrected chi connectivity index (χ3v) is 4.52. The summed E-state index contributed by atoms with van der Waals surface area (Å²) in [7, 11) is 1.67. The van der Waals surface area contributed by atoms with Gasteiger partial charge in [0.15, 0.2) is 0 Å². The summed E-state index contributed by atoms with van der Waals surface area (Å²) in [5, 5.41) is 3.45. The Kier molecular flexibility index (Phi) is 5.02. The molecule has 1 aliphatic rings. The Morgan fingerprint density at radius 1 is 1.28 bits per heavy atom. The Balaban J connectivity index is 1.62. The maximum Gasteiger partial charge on any atom is 0.254 e. The van der Waals surface area contributed by atoms with Crippen LogP contribution in [0.3, 0.4) is 0 Å². The van der Waals surface area contributed by atoms with Crippen molar-refractivity contribution < 1.29 is 4.79 Å². The summed E-state index contributed by atoms with van der Waals surface area (Å²) in [4.78, 5) is 30.3. The first kappa shape index (κ1) is 17.0. The highest BCUT2D eigenvalue weighted by Gasteiger charge is 2.22. The van der Waals surface area contributed by atoms with Gasteiger partial charge in [-0.1, -0.05) is 0 Å². The van der Waals surface area contributed by atoms with E-state index in [1.54, 1.807) is 31.6 Å². The van der Waals surface area contributed by atoms with Gasteiger partial charge in [0.05, 0.1) is 11.9 Å². The molecule has 3 heterocycles. The highest BCUT2D eigenvalue weighted by Crippen LogP contribution is 2.18. The molecule has 2 aromatic rings. The van der Waals surface area contributed by atoms with Crippen molar-refractivity contribution in [1.82, 2.24) is 14.5 Å². The van der Waals surface area contributed by atoms with E-state index < -0.39 is 0 Å². The number of amides is 1. The maximum absolute atomic E-state index is 12.7. The molecule has 0 saturated carbocycles. The molecule has 1 amide bonds. The molecule has 132 valence electrons. The van der Waals surface area contributed by atoms with Gasteiger partial charge in [-0.05, 0) is 37.5 Å². The largest absolute Gasteiger partial charge is 0.384 e. The Morgan fingerprint density at radius 3 is 2.84 bits per heavy atom. The SMILES string of the molecule is Cn1ccc(C(=O)N2CCC[C@@H](Nc3ccc(N)nc3)CC2)cc1=O. The van der Waals surface area contributed by atoms with E-state index in [2.05, 4.69) is 10.3 Å². The third-order valence-electron chi connectivity index (χ3n) is 4.52. The van der Waals surface area contributed by atoms with Crippen LogP contribution in [0.25, 0.3) is 0 Å². The number of nitrogens with zero attached hydrogens (tertiary/aromatic N) is 3. The highest BCUT2D eigenvalue weighted by atomic mass is 16.2. The predicted molar refractivity (Wildman–Crippen MR) is 97.5 cm³/mol. The first-order valence-electron chi connectivity index (χ1n) is 8.47. The lowest BCUT2D eigenvalue weighted by Gasteiger charge is -2.21. The number of nitrogens with one attached hydrogen (secondary N) is 1. The molecule has 1 saturated heterocycles. The fourth-order valence-corrected chi connectivity index (χ4v) is 3.03. The molecular weight excluding hydrogens is 318 g/mol. The van der Waals surface area contributed by atoms with Crippen LogP contribution in [-0.4, -0.2) is 39.5 Å². The van der Waals surface area contributed by atoms with E-state index >= 15 is 0 Å². The zero-order chi connectivity index (χ0) is 17.8. The molecule has 0 spiro atoms. The number of carbonyl (C=O) groups is 1. The summed E-state index contributed by atoms with van der Waals surface area (Å²) in [6.45, 7) is 1.36. The number of pyridine rings is 2. The first-order valence-corrected chi connectivity index (χ1v) is 8.47. The predicted octanol–water partition coefficient (Wildman–Crippen LogP) is 1.47. The second-order valence-corrected chi connectivity index (χ2v) is 6.40. The summed E-state index contributed by atoms with van der Waals surface area (Å²) >= 11 is 0. The number of likely N-dealkylation sites (tertiary alicyclic amines) is 1. The molecule has 1 atom stereocenters. The number of aromatic nitrogens is 2. The molecule has 1 fully saturated rings. The average molecular weight is 341 g/mol. The van der Waals surface area contributed by atoms with Crippen LogP contribution in [0.4, 0.5) is 11.5 Å². The van der Waals surface area contributed by atoms with Gasteiger partial charge < -0.3 is 20.5 Å². The first-order chi connectivity index (χ1) is 12.0. The van der Waals surface area contributed by atoms with Gasteiger partial charge in [-0.25, -0.2) is 4.98 Å². The lowest BCUT2D eigenvalue weighted by Crippen LogP contribution is -2.33. The van der Waals surface area contributed by atoms with Gasteiger partial charge in [-0.15, -0.1) is 0 Å². The van der Waals surface area contributed by atoms with Crippen LogP contribution in [-0.2, 0) is 7.05 Å². The van der Waals surface area contributed by atoms with Gasteiger partial charge in [-0.3, -0.25) is 9.59 Å². The molecule has 3 N–H and O–H groups in total. The van der Waals surface area contributed by atoms with Crippen molar-refractivity contribution in [1.29, 1.82) is 0 Å². The number of aryl methyl sites for hydroxylation is 1. The van der Waals surface area contributed by atoms with E-state index in [9.17, 15) is 9.59 Å². The van der Waals surface area contributed by atoms with E-state index in [4.69, 9.17) is 5.73 Å². The van der Waals surface area contributed by atoms with E-state index in [1.807, 2.05) is 11.0 Å². The Labute approximate surface area is 146 Å². The van der Waals surface area contributed by atoms with Gasteiger partial charge in [0.1, 0.15) is 5.82 Å². The summed E-state index contributed by atoms with van der Waals surface area (Å²) < 4.78 is 1.46.